The first-order valence-corrected chi connectivity index (χ1v) is 13.5. The summed E-state index contributed by atoms with van der Waals surface area (Å²) in [6, 6.07) is 8.58. The number of hydrogen-bond acceptors (Lipinski definition) is 10. The van der Waals surface area contributed by atoms with E-state index in [0.29, 0.717) is 35.9 Å². The van der Waals surface area contributed by atoms with E-state index in [0.717, 1.165) is 43.5 Å². The lowest BCUT2D eigenvalue weighted by Gasteiger charge is -2.36. The van der Waals surface area contributed by atoms with Crippen molar-refractivity contribution in [1.29, 1.82) is 0 Å². The summed E-state index contributed by atoms with van der Waals surface area (Å²) in [4.78, 5) is 30.5. The van der Waals surface area contributed by atoms with Gasteiger partial charge in [0.25, 0.3) is 0 Å². The van der Waals surface area contributed by atoms with Crippen LogP contribution in [0.1, 0.15) is 16.8 Å². The lowest BCUT2D eigenvalue weighted by molar-refractivity contribution is -0.124. The van der Waals surface area contributed by atoms with Crippen LogP contribution in [0.4, 0.5) is 21.7 Å². The number of aromatic nitrogens is 3. The maximum absolute atomic E-state index is 15.0. The van der Waals surface area contributed by atoms with Crippen LogP contribution in [0.3, 0.4) is 0 Å². The number of amides is 1. The summed E-state index contributed by atoms with van der Waals surface area (Å²) in [7, 11) is 3.68. The molecule has 3 heterocycles. The van der Waals surface area contributed by atoms with Crippen molar-refractivity contribution in [2.45, 2.75) is 12.5 Å². The van der Waals surface area contributed by atoms with Crippen LogP contribution in [0, 0.1) is 5.82 Å². The predicted molar refractivity (Wildman–Crippen MR) is 153 cm³/mol. The first-order valence-electron chi connectivity index (χ1n) is 13.5. The van der Waals surface area contributed by atoms with Gasteiger partial charge in [0.2, 0.25) is 17.7 Å². The molecule has 1 fully saturated rings. The molecule has 0 unspecified atom stereocenters. The average Bonchev–Trinajstić information content (AvgIpc) is 3.42. The molecule has 1 aliphatic carbocycles. The molecule has 0 radical (unpaired) electrons. The Kier molecular flexibility index (Phi) is 9.14. The number of pyridine rings is 1. The molecule has 0 saturated carbocycles. The topological polar surface area (TPSA) is 125 Å². The summed E-state index contributed by atoms with van der Waals surface area (Å²) in [6.07, 6.45) is 5.11. The predicted octanol–water partition coefficient (Wildman–Crippen LogP) is 2.31. The van der Waals surface area contributed by atoms with Crippen molar-refractivity contribution in [1.82, 2.24) is 24.8 Å². The number of nitrogens with zero attached hydrogens (tertiary/aromatic N) is 5. The lowest BCUT2D eigenvalue weighted by atomic mass is 10.0. The number of anilines is 3. The summed E-state index contributed by atoms with van der Waals surface area (Å²) >= 11 is 0. The zero-order valence-electron chi connectivity index (χ0n) is 23.1. The van der Waals surface area contributed by atoms with Crippen LogP contribution in [0.5, 0.6) is 5.88 Å². The zero-order valence-corrected chi connectivity index (χ0v) is 23.1. The standard InChI is InChI=1S/C29H34FN7O4/c1-36-10-12-37(13-11-36)25(18-40-2)28(39)34-24-5-3-4-20-21(24)7-8-22(20)27-23(30)17-32-29(35-27)33-19-6-9-26(31-16-19)41-15-14-38/h3-6,8-9,16-17,25,38H,7,10-15,18H2,1-2H3,(H,34,39)(H,32,33,35)/t25-/m1/s1. The van der Waals surface area contributed by atoms with Crippen molar-refractivity contribution in [3.05, 3.63) is 71.4 Å². The number of benzene rings is 1. The third-order valence-electron chi connectivity index (χ3n) is 7.17. The number of carbonyl (C=O) groups is 1. The Morgan fingerprint density at radius 1 is 1.15 bits per heavy atom. The molecule has 216 valence electrons. The largest absolute Gasteiger partial charge is 0.475 e. The number of carbonyl (C=O) groups excluding carboxylic acids is 1. The van der Waals surface area contributed by atoms with Gasteiger partial charge in [-0.25, -0.2) is 19.3 Å². The molecule has 0 spiro atoms. The van der Waals surface area contributed by atoms with Gasteiger partial charge in [0.05, 0.1) is 31.3 Å². The van der Waals surface area contributed by atoms with Crippen LogP contribution in [0.25, 0.3) is 5.57 Å². The number of halogens is 1. The molecule has 5 rings (SSSR count). The van der Waals surface area contributed by atoms with E-state index < -0.39 is 11.9 Å². The maximum Gasteiger partial charge on any atom is 0.244 e. The van der Waals surface area contributed by atoms with Crippen molar-refractivity contribution in [3.8, 4) is 5.88 Å². The van der Waals surface area contributed by atoms with Crippen molar-refractivity contribution in [3.63, 3.8) is 0 Å². The highest BCUT2D eigenvalue weighted by molar-refractivity contribution is 5.97. The maximum atomic E-state index is 15.0. The number of hydrogen-bond donors (Lipinski definition) is 3. The minimum absolute atomic E-state index is 0.105. The molecule has 0 bridgehead atoms. The Morgan fingerprint density at radius 3 is 2.71 bits per heavy atom. The third-order valence-corrected chi connectivity index (χ3v) is 7.17. The molecule has 41 heavy (non-hydrogen) atoms. The smallest absolute Gasteiger partial charge is 0.244 e. The number of aliphatic hydroxyl groups excluding tert-OH is 1. The van der Waals surface area contributed by atoms with Gasteiger partial charge in [0.1, 0.15) is 18.3 Å². The molecular formula is C29H34FN7O4. The Labute approximate surface area is 238 Å². The van der Waals surface area contributed by atoms with E-state index in [-0.39, 0.29) is 30.8 Å². The molecule has 1 saturated heterocycles. The Balaban J connectivity index is 1.32. The van der Waals surface area contributed by atoms with Gasteiger partial charge in [0.15, 0.2) is 5.82 Å². The summed E-state index contributed by atoms with van der Waals surface area (Å²) in [5.41, 5.74) is 3.79. The molecule has 3 N–H and O–H groups in total. The number of ether oxygens (including phenoxy) is 2. The Hall–Kier alpha value is -3.97. The lowest BCUT2D eigenvalue weighted by Crippen LogP contribution is -2.54. The van der Waals surface area contributed by atoms with E-state index in [1.807, 2.05) is 24.3 Å². The molecular weight excluding hydrogens is 529 g/mol. The number of aliphatic hydroxyl groups is 1. The average molecular weight is 564 g/mol. The van der Waals surface area contributed by atoms with Crippen LogP contribution in [0.15, 0.2) is 48.8 Å². The van der Waals surface area contributed by atoms with Gasteiger partial charge >= 0.3 is 0 Å². The highest BCUT2D eigenvalue weighted by Gasteiger charge is 2.30. The van der Waals surface area contributed by atoms with Crippen molar-refractivity contribution in [2.75, 3.05) is 70.8 Å². The van der Waals surface area contributed by atoms with Crippen molar-refractivity contribution in [2.24, 2.45) is 0 Å². The molecule has 3 aromatic rings. The van der Waals surface area contributed by atoms with Gasteiger partial charge < -0.3 is 30.1 Å². The second-order valence-corrected chi connectivity index (χ2v) is 9.93. The minimum atomic E-state index is -0.551. The second kappa shape index (κ2) is 13.1. The van der Waals surface area contributed by atoms with Crippen LogP contribution >= 0.6 is 0 Å². The summed E-state index contributed by atoms with van der Waals surface area (Å²) in [6.45, 7) is 3.70. The molecule has 1 aliphatic heterocycles. The quantitative estimate of drug-likeness (QED) is 0.320. The first-order chi connectivity index (χ1) is 20.0. The van der Waals surface area contributed by atoms with Crippen LogP contribution in [-0.2, 0) is 16.0 Å². The molecule has 2 aliphatic rings. The molecule has 1 atom stereocenters. The first kappa shape index (κ1) is 28.6. The van der Waals surface area contributed by atoms with E-state index >= 15 is 4.39 Å². The van der Waals surface area contributed by atoms with E-state index in [2.05, 4.69) is 42.4 Å². The van der Waals surface area contributed by atoms with Gasteiger partial charge in [-0.3, -0.25) is 9.69 Å². The summed E-state index contributed by atoms with van der Waals surface area (Å²) in [5.74, 6) is -0.0943. The number of likely N-dealkylation sites (N-methyl/N-ethyl adjacent to an activating group) is 1. The van der Waals surface area contributed by atoms with Gasteiger partial charge in [0, 0.05) is 50.6 Å². The fourth-order valence-corrected chi connectivity index (χ4v) is 5.00. The molecule has 12 heteroatoms. The van der Waals surface area contributed by atoms with Gasteiger partial charge in [-0.1, -0.05) is 18.2 Å². The highest BCUT2D eigenvalue weighted by atomic mass is 19.1. The monoisotopic (exact) mass is 563 g/mol. The number of nitrogens with one attached hydrogen (secondary N) is 2. The normalized spacial score (nSPS) is 16.1. The zero-order chi connectivity index (χ0) is 28.8. The number of rotatable bonds is 11. The second-order valence-electron chi connectivity index (χ2n) is 9.93. The number of piperazine rings is 1. The fourth-order valence-electron chi connectivity index (χ4n) is 5.00. The van der Waals surface area contributed by atoms with Gasteiger partial charge in [-0.05, 0) is 36.7 Å². The Bertz CT molecular complexity index is 1390. The SMILES string of the molecule is COC[C@H](C(=O)Nc1cccc2c1CC=C2c1nc(Nc2ccc(OCCO)nc2)ncc1F)N1CCN(C)CC1. The highest BCUT2D eigenvalue weighted by Crippen LogP contribution is 2.37. The van der Waals surface area contributed by atoms with Crippen LogP contribution in [0.2, 0.25) is 0 Å². The number of allylic oxidation sites excluding steroid dienone is 1. The third kappa shape index (κ3) is 6.68. The molecule has 2 aromatic heterocycles. The number of fused-ring (bicyclic) bond motifs is 1. The summed E-state index contributed by atoms with van der Waals surface area (Å²) in [5, 5.41) is 15.0. The number of methoxy groups -OCH3 is 1. The van der Waals surface area contributed by atoms with Crippen molar-refractivity contribution >= 4 is 28.8 Å². The van der Waals surface area contributed by atoms with Crippen LogP contribution in [-0.4, -0.2) is 102 Å². The van der Waals surface area contributed by atoms with E-state index in [4.69, 9.17) is 14.6 Å². The minimum Gasteiger partial charge on any atom is -0.475 e. The fraction of sp³-hybridized carbons (Fsp3) is 0.379. The summed E-state index contributed by atoms with van der Waals surface area (Å²) < 4.78 is 25.7. The van der Waals surface area contributed by atoms with Crippen molar-refractivity contribution < 1.29 is 23.8 Å². The van der Waals surface area contributed by atoms with E-state index in [1.165, 1.54) is 6.20 Å². The van der Waals surface area contributed by atoms with Gasteiger partial charge in [-0.15, -0.1) is 0 Å². The molecule has 11 nitrogen and oxygen atoms in total. The van der Waals surface area contributed by atoms with E-state index in [1.54, 1.807) is 19.2 Å². The Morgan fingerprint density at radius 2 is 1.98 bits per heavy atom. The molecule has 1 aromatic carbocycles. The van der Waals surface area contributed by atoms with Crippen LogP contribution < -0.4 is 15.4 Å². The molecule has 1 amide bonds. The van der Waals surface area contributed by atoms with Gasteiger partial charge in [-0.2, -0.15) is 0 Å². The van der Waals surface area contributed by atoms with E-state index in [9.17, 15) is 4.79 Å².